The second-order valence-corrected chi connectivity index (χ2v) is 9.54. The van der Waals surface area contributed by atoms with Crippen molar-refractivity contribution in [3.8, 4) is 0 Å². The first-order chi connectivity index (χ1) is 13.0. The fourth-order valence-corrected chi connectivity index (χ4v) is 4.27. The Hall–Kier alpha value is -0.200. The van der Waals surface area contributed by atoms with Crippen molar-refractivity contribution in [1.29, 1.82) is 0 Å². The molecule has 0 saturated carbocycles. The average molecular weight is 382 g/mol. The largest absolute Gasteiger partial charge is 0.315 e. The van der Waals surface area contributed by atoms with Gasteiger partial charge in [-0.25, -0.2) is 0 Å². The number of nitrogens with one attached hydrogen (secondary N) is 1. The molecule has 2 aliphatic heterocycles. The van der Waals surface area contributed by atoms with Gasteiger partial charge in [0.05, 0.1) is 0 Å². The Balaban J connectivity index is 1.38. The predicted molar refractivity (Wildman–Crippen MR) is 118 cm³/mol. The minimum Gasteiger partial charge on any atom is -0.315 e. The summed E-state index contributed by atoms with van der Waals surface area (Å²) in [5, 5.41) is 3.35. The van der Waals surface area contributed by atoms with E-state index < -0.39 is 0 Å². The number of rotatable bonds is 15. The van der Waals surface area contributed by atoms with E-state index in [9.17, 15) is 0 Å². The number of nitrogens with zero attached hydrogens (tertiary/aromatic N) is 4. The third-order valence-electron chi connectivity index (χ3n) is 6.65. The van der Waals surface area contributed by atoms with E-state index in [1.54, 1.807) is 0 Å². The molecule has 0 aromatic rings. The summed E-state index contributed by atoms with van der Waals surface area (Å²) in [6, 6.07) is 1.55. The molecule has 0 amide bonds. The molecule has 0 spiro atoms. The van der Waals surface area contributed by atoms with Crippen LogP contribution in [0, 0.1) is 5.92 Å². The number of unbranched alkanes of at least 4 members (excludes halogenated alkanes) is 2. The first-order valence-corrected chi connectivity index (χ1v) is 11.4. The maximum Gasteiger partial charge on any atom is 0.0347 e. The van der Waals surface area contributed by atoms with Crippen molar-refractivity contribution in [3.05, 3.63) is 0 Å². The molecule has 2 heterocycles. The fourth-order valence-electron chi connectivity index (χ4n) is 4.27. The van der Waals surface area contributed by atoms with Crippen LogP contribution < -0.4 is 5.32 Å². The van der Waals surface area contributed by atoms with Crippen LogP contribution in [0.15, 0.2) is 0 Å². The second-order valence-electron chi connectivity index (χ2n) is 9.54. The molecule has 2 saturated heterocycles. The van der Waals surface area contributed by atoms with Crippen LogP contribution in [-0.2, 0) is 0 Å². The molecule has 5 nitrogen and oxygen atoms in total. The van der Waals surface area contributed by atoms with Gasteiger partial charge in [0.25, 0.3) is 0 Å². The summed E-state index contributed by atoms with van der Waals surface area (Å²) in [7, 11) is 8.76. The third kappa shape index (κ3) is 8.78. The van der Waals surface area contributed by atoms with Crippen LogP contribution in [0.4, 0.5) is 0 Å². The minimum atomic E-state index is 0.745. The van der Waals surface area contributed by atoms with Gasteiger partial charge in [-0.05, 0) is 86.0 Å². The average Bonchev–Trinajstić information content (AvgIpc) is 2.56. The van der Waals surface area contributed by atoms with E-state index in [1.165, 1.54) is 90.9 Å². The van der Waals surface area contributed by atoms with Gasteiger partial charge < -0.3 is 24.9 Å². The lowest BCUT2D eigenvalue weighted by Crippen LogP contribution is -2.58. The van der Waals surface area contributed by atoms with Crippen molar-refractivity contribution in [3.63, 3.8) is 0 Å². The second kappa shape index (κ2) is 12.4. The Labute approximate surface area is 169 Å². The molecular weight excluding hydrogens is 334 g/mol. The molecule has 1 unspecified atom stereocenters. The molecule has 5 heteroatoms. The van der Waals surface area contributed by atoms with Gasteiger partial charge in [0, 0.05) is 38.3 Å². The lowest BCUT2D eigenvalue weighted by Gasteiger charge is -2.44. The standard InChI is InChI=1S/C22H47N5/c1-20(11-15-24(3)4)10-6-7-13-27-18-22(19-27)25(5)12-8-9-14-26-16-21(17-26)23-2/h20-23H,6-19H2,1-5H3. The lowest BCUT2D eigenvalue weighted by atomic mass is 9.99. The summed E-state index contributed by atoms with van der Waals surface area (Å²) in [5.74, 6) is 0.878. The Kier molecular flexibility index (Phi) is 10.6. The molecular formula is C22H47N5. The van der Waals surface area contributed by atoms with Crippen LogP contribution in [0.3, 0.4) is 0 Å². The highest BCUT2D eigenvalue weighted by atomic mass is 15.3. The first-order valence-electron chi connectivity index (χ1n) is 11.4. The molecule has 2 fully saturated rings. The molecule has 1 atom stereocenters. The minimum absolute atomic E-state index is 0.745. The van der Waals surface area contributed by atoms with Gasteiger partial charge in [0.15, 0.2) is 0 Å². The Morgan fingerprint density at radius 3 is 2.11 bits per heavy atom. The molecule has 0 bridgehead atoms. The van der Waals surface area contributed by atoms with Crippen LogP contribution >= 0.6 is 0 Å². The molecule has 160 valence electrons. The number of likely N-dealkylation sites (tertiary alicyclic amines) is 2. The van der Waals surface area contributed by atoms with Gasteiger partial charge in [-0.1, -0.05) is 19.8 Å². The van der Waals surface area contributed by atoms with Crippen molar-refractivity contribution < 1.29 is 0 Å². The predicted octanol–water partition coefficient (Wildman–Crippen LogP) is 2.04. The van der Waals surface area contributed by atoms with Crippen LogP contribution in [0.5, 0.6) is 0 Å². The summed E-state index contributed by atoms with van der Waals surface area (Å²) < 4.78 is 0. The highest BCUT2D eigenvalue weighted by Crippen LogP contribution is 2.17. The van der Waals surface area contributed by atoms with E-state index in [4.69, 9.17) is 0 Å². The van der Waals surface area contributed by atoms with Crippen molar-refractivity contribution in [1.82, 2.24) is 24.9 Å². The number of hydrogen-bond donors (Lipinski definition) is 1. The number of hydrogen-bond acceptors (Lipinski definition) is 5. The van der Waals surface area contributed by atoms with Crippen molar-refractivity contribution in [2.75, 3.05) is 80.5 Å². The van der Waals surface area contributed by atoms with Crippen molar-refractivity contribution >= 4 is 0 Å². The molecule has 2 aliphatic rings. The smallest absolute Gasteiger partial charge is 0.0347 e. The van der Waals surface area contributed by atoms with E-state index in [1.807, 2.05) is 0 Å². The molecule has 0 radical (unpaired) electrons. The summed E-state index contributed by atoms with van der Waals surface area (Å²) in [4.78, 5) is 10.1. The van der Waals surface area contributed by atoms with Crippen LogP contribution in [0.1, 0.15) is 45.4 Å². The van der Waals surface area contributed by atoms with Crippen molar-refractivity contribution in [2.45, 2.75) is 57.5 Å². The van der Waals surface area contributed by atoms with Crippen LogP contribution in [-0.4, -0.2) is 112 Å². The number of likely N-dealkylation sites (N-methyl/N-ethyl adjacent to an activating group) is 2. The Morgan fingerprint density at radius 2 is 1.48 bits per heavy atom. The van der Waals surface area contributed by atoms with E-state index in [-0.39, 0.29) is 0 Å². The van der Waals surface area contributed by atoms with Crippen molar-refractivity contribution in [2.24, 2.45) is 5.92 Å². The van der Waals surface area contributed by atoms with E-state index in [0.717, 1.165) is 18.0 Å². The van der Waals surface area contributed by atoms with E-state index in [2.05, 4.69) is 60.0 Å². The monoisotopic (exact) mass is 381 g/mol. The molecule has 0 aromatic heterocycles. The van der Waals surface area contributed by atoms with E-state index in [0.29, 0.717) is 0 Å². The van der Waals surface area contributed by atoms with Gasteiger partial charge in [0.2, 0.25) is 0 Å². The maximum atomic E-state index is 3.35. The Morgan fingerprint density at radius 1 is 0.852 bits per heavy atom. The van der Waals surface area contributed by atoms with Gasteiger partial charge in [0.1, 0.15) is 0 Å². The molecule has 2 rings (SSSR count). The zero-order valence-corrected chi connectivity index (χ0v) is 18.9. The first kappa shape index (κ1) is 23.1. The summed E-state index contributed by atoms with van der Waals surface area (Å²) in [6.07, 6.45) is 8.22. The highest BCUT2D eigenvalue weighted by Gasteiger charge is 2.29. The fraction of sp³-hybridized carbons (Fsp3) is 1.00. The topological polar surface area (TPSA) is 25.0 Å². The third-order valence-corrected chi connectivity index (χ3v) is 6.65. The SMILES string of the molecule is CNC1CN(CCCCN(C)C2CN(CCCCC(C)CCN(C)C)C2)C1. The molecule has 0 aromatic carbocycles. The molecule has 1 N–H and O–H groups in total. The quantitative estimate of drug-likeness (QED) is 0.438. The summed E-state index contributed by atoms with van der Waals surface area (Å²) in [6.45, 7) is 12.6. The van der Waals surface area contributed by atoms with Crippen LogP contribution in [0.2, 0.25) is 0 Å². The van der Waals surface area contributed by atoms with E-state index >= 15 is 0 Å². The summed E-state index contributed by atoms with van der Waals surface area (Å²) >= 11 is 0. The van der Waals surface area contributed by atoms with Gasteiger partial charge in [-0.3, -0.25) is 0 Å². The lowest BCUT2D eigenvalue weighted by molar-refractivity contribution is 0.0459. The van der Waals surface area contributed by atoms with Gasteiger partial charge >= 0.3 is 0 Å². The zero-order valence-electron chi connectivity index (χ0n) is 18.9. The van der Waals surface area contributed by atoms with Crippen LogP contribution in [0.25, 0.3) is 0 Å². The van der Waals surface area contributed by atoms with Gasteiger partial charge in [-0.2, -0.15) is 0 Å². The normalized spacial score (nSPS) is 21.0. The molecule has 0 aliphatic carbocycles. The summed E-state index contributed by atoms with van der Waals surface area (Å²) in [5.41, 5.74) is 0. The zero-order chi connectivity index (χ0) is 19.6. The van der Waals surface area contributed by atoms with Gasteiger partial charge in [-0.15, -0.1) is 0 Å². The molecule has 27 heavy (non-hydrogen) atoms. The highest BCUT2D eigenvalue weighted by molar-refractivity contribution is 4.87. The maximum absolute atomic E-state index is 3.35. The Bertz CT molecular complexity index is 377.